The van der Waals surface area contributed by atoms with Crippen molar-refractivity contribution < 1.29 is 48.1 Å². The van der Waals surface area contributed by atoms with Gasteiger partial charge in [-0.05, 0) is 42.0 Å². The molecule has 16 nitrogen and oxygen atoms in total. The summed E-state index contributed by atoms with van der Waals surface area (Å²) in [5.41, 5.74) is 15.0. The molecule has 0 saturated carbocycles. The van der Waals surface area contributed by atoms with E-state index in [9.17, 15) is 33.9 Å². The van der Waals surface area contributed by atoms with Crippen LogP contribution in [-0.2, 0) is 59.3 Å². The fourth-order valence-electron chi connectivity index (χ4n) is 4.61. The summed E-state index contributed by atoms with van der Waals surface area (Å²) in [6.45, 7) is 1.19. The molecule has 4 amide bonds. The molecule has 0 spiro atoms. The van der Waals surface area contributed by atoms with Gasteiger partial charge in [-0.1, -0.05) is 60.4 Å². The number of aliphatic carboxylic acids is 1. The molecule has 0 bridgehead atoms. The number of carboxylic acids is 1. The van der Waals surface area contributed by atoms with E-state index in [-0.39, 0.29) is 77.2 Å². The molecule has 7 N–H and O–H groups in total. The van der Waals surface area contributed by atoms with Crippen LogP contribution >= 0.6 is 0 Å². The monoisotopic (exact) mass is 724 g/mol. The first-order chi connectivity index (χ1) is 25.0. The summed E-state index contributed by atoms with van der Waals surface area (Å²) in [6.07, 6.45) is -0.514. The molecule has 16 heteroatoms. The van der Waals surface area contributed by atoms with Crippen LogP contribution in [0, 0.1) is 11.8 Å². The topological polar surface area (TPSA) is 233 Å². The standard InChI is InChI=1S/C36H48N6O10/c1-2-50-34(47)26-42(32(44)16-14-28-7-11-30(24-38)12-8-28)20-18-40-36(49)52-22-4-3-21-51-35(48)39-17-19-41(25-33(45)46)31(43)15-13-27-5-9-29(23-37)10-6-27/h5-12H,2,13-26,37-38H2,1H3,(H,39,48)(H,40,49)(H,45,46). The largest absolute Gasteiger partial charge is 0.480 e. The summed E-state index contributed by atoms with van der Waals surface area (Å²) >= 11 is 0. The highest BCUT2D eigenvalue weighted by atomic mass is 16.6. The van der Waals surface area contributed by atoms with Crippen molar-refractivity contribution in [3.8, 4) is 11.8 Å². The Morgan fingerprint density at radius 1 is 0.654 bits per heavy atom. The molecule has 0 unspecified atom stereocenters. The maximum atomic E-state index is 12.9. The van der Waals surface area contributed by atoms with E-state index in [1.165, 1.54) is 4.90 Å². The SMILES string of the molecule is CCOC(=O)CN(CCNC(=O)OCC#CCOC(=O)NCCN(CC(=O)O)C(=O)CCc1ccc(CN)cc1)C(=O)CCc1ccc(CN)cc1. The number of alkyl carbamates (subject to hydrolysis) is 2. The highest BCUT2D eigenvalue weighted by Gasteiger charge is 2.19. The lowest BCUT2D eigenvalue weighted by Gasteiger charge is -2.22. The fraction of sp³-hybridized carbons (Fsp3) is 0.444. The number of hydrogen-bond donors (Lipinski definition) is 5. The molecule has 0 atom stereocenters. The van der Waals surface area contributed by atoms with Crippen LogP contribution in [0.4, 0.5) is 9.59 Å². The highest BCUT2D eigenvalue weighted by Crippen LogP contribution is 2.09. The molecule has 0 aromatic heterocycles. The van der Waals surface area contributed by atoms with Gasteiger partial charge < -0.3 is 51.2 Å². The molecule has 2 aromatic carbocycles. The lowest BCUT2D eigenvalue weighted by molar-refractivity contribution is -0.148. The van der Waals surface area contributed by atoms with Crippen molar-refractivity contribution >= 4 is 35.9 Å². The number of nitrogens with zero attached hydrogens (tertiary/aromatic N) is 2. The molecule has 52 heavy (non-hydrogen) atoms. The smallest absolute Gasteiger partial charge is 0.408 e. The Morgan fingerprint density at radius 2 is 1.06 bits per heavy atom. The quantitative estimate of drug-likeness (QED) is 0.0688. The maximum Gasteiger partial charge on any atom is 0.408 e. The zero-order chi connectivity index (χ0) is 38.1. The number of aryl methyl sites for hydroxylation is 2. The Hall–Kier alpha value is -5.66. The van der Waals surface area contributed by atoms with Gasteiger partial charge in [-0.3, -0.25) is 19.2 Å². The third-order valence-corrected chi connectivity index (χ3v) is 7.41. The molecule has 0 heterocycles. The van der Waals surface area contributed by atoms with Crippen LogP contribution in [0.3, 0.4) is 0 Å². The fourth-order valence-corrected chi connectivity index (χ4v) is 4.61. The molecule has 0 saturated heterocycles. The summed E-state index contributed by atoms with van der Waals surface area (Å²) < 4.78 is 14.9. The number of carboxylic acid groups (broad SMARTS) is 1. The van der Waals surface area contributed by atoms with Crippen molar-refractivity contribution in [2.75, 3.05) is 59.1 Å². The lowest BCUT2D eigenvalue weighted by Crippen LogP contribution is -2.42. The van der Waals surface area contributed by atoms with E-state index in [2.05, 4.69) is 22.5 Å². The summed E-state index contributed by atoms with van der Waals surface area (Å²) in [5, 5.41) is 14.1. The van der Waals surface area contributed by atoms with Crippen LogP contribution in [0.2, 0.25) is 0 Å². The summed E-state index contributed by atoms with van der Waals surface area (Å²) in [6, 6.07) is 15.0. The number of benzene rings is 2. The first kappa shape index (κ1) is 42.5. The van der Waals surface area contributed by atoms with Gasteiger partial charge >= 0.3 is 24.1 Å². The van der Waals surface area contributed by atoms with Gasteiger partial charge in [-0.2, -0.15) is 0 Å². The number of hydrogen-bond acceptors (Lipinski definition) is 11. The van der Waals surface area contributed by atoms with E-state index in [0.29, 0.717) is 25.9 Å². The van der Waals surface area contributed by atoms with Crippen molar-refractivity contribution in [1.82, 2.24) is 20.4 Å². The second-order valence-electron chi connectivity index (χ2n) is 11.2. The van der Waals surface area contributed by atoms with Crippen molar-refractivity contribution in [1.29, 1.82) is 0 Å². The molecule has 0 aliphatic heterocycles. The maximum absolute atomic E-state index is 12.9. The van der Waals surface area contributed by atoms with Crippen molar-refractivity contribution in [3.63, 3.8) is 0 Å². The zero-order valence-corrected chi connectivity index (χ0v) is 29.4. The van der Waals surface area contributed by atoms with Crippen LogP contribution in [0.25, 0.3) is 0 Å². The molecule has 0 radical (unpaired) electrons. The molecule has 2 rings (SSSR count). The predicted octanol–water partition coefficient (Wildman–Crippen LogP) is 0.930. The number of rotatable bonds is 21. The summed E-state index contributed by atoms with van der Waals surface area (Å²) in [7, 11) is 0. The van der Waals surface area contributed by atoms with Gasteiger partial charge in [0, 0.05) is 52.1 Å². The third kappa shape index (κ3) is 17.8. The van der Waals surface area contributed by atoms with E-state index < -0.39 is 30.7 Å². The Labute approximate surface area is 303 Å². The normalized spacial score (nSPS) is 10.2. The average Bonchev–Trinajstić information content (AvgIpc) is 3.13. The van der Waals surface area contributed by atoms with E-state index in [4.69, 9.17) is 25.7 Å². The highest BCUT2D eigenvalue weighted by molar-refractivity contribution is 5.82. The molecule has 282 valence electrons. The van der Waals surface area contributed by atoms with Gasteiger partial charge in [-0.15, -0.1) is 0 Å². The van der Waals surface area contributed by atoms with Crippen LogP contribution in [0.5, 0.6) is 0 Å². The summed E-state index contributed by atoms with van der Waals surface area (Å²) in [5.74, 6) is 2.62. The lowest BCUT2D eigenvalue weighted by atomic mass is 10.1. The van der Waals surface area contributed by atoms with E-state index >= 15 is 0 Å². The van der Waals surface area contributed by atoms with Gasteiger partial charge in [0.25, 0.3) is 0 Å². The number of ether oxygens (including phenoxy) is 3. The van der Waals surface area contributed by atoms with Crippen molar-refractivity contribution in [2.45, 2.75) is 45.7 Å². The molecule has 2 aromatic rings. The number of esters is 1. The van der Waals surface area contributed by atoms with Crippen LogP contribution in [0.15, 0.2) is 48.5 Å². The average molecular weight is 725 g/mol. The van der Waals surface area contributed by atoms with Gasteiger partial charge in [0.15, 0.2) is 13.2 Å². The molecule has 0 aliphatic rings. The van der Waals surface area contributed by atoms with Crippen LogP contribution < -0.4 is 22.1 Å². The minimum Gasteiger partial charge on any atom is -0.480 e. The first-order valence-electron chi connectivity index (χ1n) is 16.8. The Balaban J connectivity index is 1.67. The van der Waals surface area contributed by atoms with Crippen LogP contribution in [-0.4, -0.2) is 110 Å². The zero-order valence-electron chi connectivity index (χ0n) is 29.4. The molecule has 0 aliphatic carbocycles. The number of carbonyl (C=O) groups excluding carboxylic acids is 5. The second-order valence-corrected chi connectivity index (χ2v) is 11.2. The van der Waals surface area contributed by atoms with Gasteiger partial charge in [0.2, 0.25) is 11.8 Å². The number of nitrogens with two attached hydrogens (primary N) is 2. The Kier molecular flexibility index (Phi) is 20.0. The van der Waals surface area contributed by atoms with Crippen LogP contribution in [0.1, 0.15) is 42.0 Å². The Morgan fingerprint density at radius 3 is 1.44 bits per heavy atom. The van der Waals surface area contributed by atoms with Gasteiger partial charge in [0.1, 0.15) is 13.1 Å². The van der Waals surface area contributed by atoms with Gasteiger partial charge in [0.05, 0.1) is 6.61 Å². The predicted molar refractivity (Wildman–Crippen MR) is 189 cm³/mol. The molecular weight excluding hydrogens is 676 g/mol. The van der Waals surface area contributed by atoms with Gasteiger partial charge in [-0.25, -0.2) is 9.59 Å². The third-order valence-electron chi connectivity index (χ3n) is 7.41. The van der Waals surface area contributed by atoms with E-state index in [0.717, 1.165) is 27.2 Å². The minimum atomic E-state index is -1.18. The first-order valence-corrected chi connectivity index (χ1v) is 16.8. The second kappa shape index (κ2) is 24.5. The minimum absolute atomic E-state index is 0.00437. The molecule has 0 fully saturated rings. The van der Waals surface area contributed by atoms with E-state index in [1.54, 1.807) is 6.92 Å². The number of amides is 4. The number of nitrogens with one attached hydrogen (secondary N) is 2. The van der Waals surface area contributed by atoms with E-state index in [1.807, 2.05) is 48.5 Å². The Bertz CT molecular complexity index is 1520. The molecular formula is C36H48N6O10. The van der Waals surface area contributed by atoms with Crippen molar-refractivity contribution in [2.24, 2.45) is 11.5 Å². The van der Waals surface area contributed by atoms with Crippen molar-refractivity contribution in [3.05, 3.63) is 70.8 Å². The summed E-state index contributed by atoms with van der Waals surface area (Å²) in [4.78, 5) is 75.3. The number of carbonyl (C=O) groups is 6.